The lowest BCUT2D eigenvalue weighted by Crippen LogP contribution is -2.11. The Kier molecular flexibility index (Phi) is 3.85. The first-order chi connectivity index (χ1) is 11.0. The fraction of sp³-hybridized carbons (Fsp3) is 0.312. The van der Waals surface area contributed by atoms with Gasteiger partial charge >= 0.3 is 0 Å². The minimum absolute atomic E-state index is 0.356. The topological polar surface area (TPSA) is 81.6 Å². The lowest BCUT2D eigenvalue weighted by Gasteiger charge is -2.10. The Morgan fingerprint density at radius 1 is 1.26 bits per heavy atom. The first-order valence-electron chi connectivity index (χ1n) is 7.46. The monoisotopic (exact) mass is 314 g/mol. The van der Waals surface area contributed by atoms with Crippen molar-refractivity contribution in [2.24, 2.45) is 13.0 Å². The highest BCUT2D eigenvalue weighted by molar-refractivity contribution is 5.98. The van der Waals surface area contributed by atoms with E-state index in [-0.39, 0.29) is 5.82 Å². The fourth-order valence-corrected chi connectivity index (χ4v) is 2.34. The van der Waals surface area contributed by atoms with Gasteiger partial charge in [0.05, 0.1) is 11.1 Å². The van der Waals surface area contributed by atoms with Crippen LogP contribution in [0.1, 0.15) is 13.8 Å². The van der Waals surface area contributed by atoms with E-state index in [4.69, 9.17) is 5.73 Å². The summed E-state index contributed by atoms with van der Waals surface area (Å²) in [7, 11) is 1.73. The molecule has 2 heterocycles. The van der Waals surface area contributed by atoms with Crippen LogP contribution >= 0.6 is 0 Å². The highest BCUT2D eigenvalue weighted by Crippen LogP contribution is 2.32. The average Bonchev–Trinajstić information content (AvgIpc) is 2.80. The molecule has 0 aliphatic rings. The molecule has 0 unspecified atom stereocenters. The van der Waals surface area contributed by atoms with Gasteiger partial charge in [-0.05, 0) is 18.1 Å². The maximum absolute atomic E-state index is 14.2. The van der Waals surface area contributed by atoms with E-state index in [0.29, 0.717) is 46.5 Å². The number of nitrogens with zero attached hydrogens (tertiary/aromatic N) is 4. The van der Waals surface area contributed by atoms with Crippen LogP contribution in [0.3, 0.4) is 0 Å². The molecule has 0 spiro atoms. The molecule has 1 aromatic carbocycles. The third kappa shape index (κ3) is 2.81. The molecule has 3 aromatic rings. The van der Waals surface area contributed by atoms with Crippen molar-refractivity contribution in [3.8, 4) is 11.3 Å². The molecule has 6 nitrogen and oxygen atoms in total. The summed E-state index contributed by atoms with van der Waals surface area (Å²) in [6.45, 7) is 4.88. The zero-order chi connectivity index (χ0) is 16.6. The van der Waals surface area contributed by atoms with Gasteiger partial charge in [0, 0.05) is 19.2 Å². The van der Waals surface area contributed by atoms with Gasteiger partial charge in [-0.25, -0.2) is 9.37 Å². The highest BCUT2D eigenvalue weighted by Gasteiger charge is 2.19. The van der Waals surface area contributed by atoms with E-state index in [1.807, 2.05) is 0 Å². The number of hydrogen-bond donors (Lipinski definition) is 2. The Morgan fingerprint density at radius 3 is 2.70 bits per heavy atom. The van der Waals surface area contributed by atoms with Gasteiger partial charge in [-0.15, -0.1) is 0 Å². The molecule has 0 amide bonds. The van der Waals surface area contributed by atoms with Crippen molar-refractivity contribution in [2.45, 2.75) is 13.8 Å². The summed E-state index contributed by atoms with van der Waals surface area (Å²) in [6, 6.07) is 6.48. The van der Waals surface area contributed by atoms with Crippen LogP contribution in [0.5, 0.6) is 0 Å². The van der Waals surface area contributed by atoms with Gasteiger partial charge in [-0.2, -0.15) is 10.1 Å². The lowest BCUT2D eigenvalue weighted by atomic mass is 10.1. The molecule has 3 N–H and O–H groups in total. The van der Waals surface area contributed by atoms with Crippen molar-refractivity contribution in [1.82, 2.24) is 19.7 Å². The molecule has 0 atom stereocenters. The average molecular weight is 314 g/mol. The van der Waals surface area contributed by atoms with Crippen LogP contribution in [0.15, 0.2) is 24.3 Å². The number of halogens is 1. The highest BCUT2D eigenvalue weighted by atomic mass is 19.1. The summed E-state index contributed by atoms with van der Waals surface area (Å²) in [5.41, 5.74) is 7.36. The largest absolute Gasteiger partial charge is 0.383 e. The number of fused-ring (bicyclic) bond motifs is 1. The molecular formula is C16H19FN6. The maximum atomic E-state index is 14.2. The minimum Gasteiger partial charge on any atom is -0.383 e. The van der Waals surface area contributed by atoms with E-state index < -0.39 is 0 Å². The van der Waals surface area contributed by atoms with Crippen LogP contribution in [-0.2, 0) is 7.05 Å². The van der Waals surface area contributed by atoms with E-state index in [0.717, 1.165) is 0 Å². The zero-order valence-corrected chi connectivity index (χ0v) is 13.3. The smallest absolute Gasteiger partial charge is 0.225 e. The van der Waals surface area contributed by atoms with Crippen molar-refractivity contribution in [2.75, 3.05) is 17.6 Å². The van der Waals surface area contributed by atoms with Gasteiger partial charge in [0.2, 0.25) is 5.95 Å². The number of nitrogen functional groups attached to an aromatic ring is 1. The number of hydrogen-bond acceptors (Lipinski definition) is 5. The molecular weight excluding hydrogens is 295 g/mol. The molecule has 23 heavy (non-hydrogen) atoms. The summed E-state index contributed by atoms with van der Waals surface area (Å²) in [6.07, 6.45) is 0. The number of anilines is 2. The molecule has 0 radical (unpaired) electrons. The third-order valence-corrected chi connectivity index (χ3v) is 3.54. The first-order valence-corrected chi connectivity index (χ1v) is 7.46. The van der Waals surface area contributed by atoms with Crippen LogP contribution in [0.2, 0.25) is 0 Å². The predicted molar refractivity (Wildman–Crippen MR) is 89.4 cm³/mol. The van der Waals surface area contributed by atoms with Gasteiger partial charge in [-0.3, -0.25) is 4.68 Å². The second-order valence-corrected chi connectivity index (χ2v) is 5.86. The first kappa shape index (κ1) is 15.2. The number of rotatable bonds is 4. The van der Waals surface area contributed by atoms with Crippen molar-refractivity contribution >= 4 is 22.8 Å². The minimum atomic E-state index is -0.356. The van der Waals surface area contributed by atoms with Crippen molar-refractivity contribution < 1.29 is 4.39 Å². The van der Waals surface area contributed by atoms with Gasteiger partial charge < -0.3 is 11.1 Å². The molecule has 2 aromatic heterocycles. The Hall–Kier alpha value is -2.70. The number of nitrogens with one attached hydrogen (secondary N) is 1. The Labute approximate surface area is 133 Å². The van der Waals surface area contributed by atoms with Gasteiger partial charge in [0.1, 0.15) is 11.6 Å². The molecule has 0 aliphatic carbocycles. The molecule has 3 rings (SSSR count). The summed E-state index contributed by atoms with van der Waals surface area (Å²) < 4.78 is 15.8. The summed E-state index contributed by atoms with van der Waals surface area (Å²) in [4.78, 5) is 8.87. The van der Waals surface area contributed by atoms with Gasteiger partial charge in [0.25, 0.3) is 0 Å². The van der Waals surface area contributed by atoms with Crippen molar-refractivity contribution in [3.63, 3.8) is 0 Å². The lowest BCUT2D eigenvalue weighted by molar-refractivity contribution is 0.631. The van der Waals surface area contributed by atoms with E-state index in [1.54, 1.807) is 25.2 Å². The predicted octanol–water partition coefficient (Wildman–Crippen LogP) is 2.82. The maximum Gasteiger partial charge on any atom is 0.225 e. The quantitative estimate of drug-likeness (QED) is 0.774. The van der Waals surface area contributed by atoms with Gasteiger partial charge in [0.15, 0.2) is 5.65 Å². The van der Waals surface area contributed by atoms with E-state index >= 15 is 0 Å². The number of aromatic nitrogens is 4. The van der Waals surface area contributed by atoms with E-state index in [1.165, 1.54) is 10.7 Å². The van der Waals surface area contributed by atoms with Crippen LogP contribution < -0.4 is 11.1 Å². The van der Waals surface area contributed by atoms with Crippen LogP contribution in [0.25, 0.3) is 22.3 Å². The van der Waals surface area contributed by atoms with Crippen LogP contribution in [0, 0.1) is 11.7 Å². The summed E-state index contributed by atoms with van der Waals surface area (Å²) in [5, 5.41) is 8.02. The number of benzene rings is 1. The zero-order valence-electron chi connectivity index (χ0n) is 13.3. The van der Waals surface area contributed by atoms with Crippen LogP contribution in [-0.4, -0.2) is 26.3 Å². The molecule has 120 valence electrons. The Balaban J connectivity index is 2.22. The second-order valence-electron chi connectivity index (χ2n) is 5.86. The van der Waals surface area contributed by atoms with E-state index in [9.17, 15) is 4.39 Å². The normalized spacial score (nSPS) is 11.3. The summed E-state index contributed by atoms with van der Waals surface area (Å²) >= 11 is 0. The molecule has 0 bridgehead atoms. The Bertz CT molecular complexity index is 855. The van der Waals surface area contributed by atoms with Gasteiger partial charge in [-0.1, -0.05) is 26.0 Å². The van der Waals surface area contributed by atoms with E-state index in [2.05, 4.69) is 34.2 Å². The Morgan fingerprint density at radius 2 is 2.00 bits per heavy atom. The fourth-order valence-electron chi connectivity index (χ4n) is 2.34. The third-order valence-electron chi connectivity index (χ3n) is 3.54. The summed E-state index contributed by atoms with van der Waals surface area (Å²) in [5.74, 6) is 0.904. The molecule has 7 heteroatoms. The van der Waals surface area contributed by atoms with Crippen molar-refractivity contribution in [1.29, 1.82) is 0 Å². The number of nitrogens with two attached hydrogens (primary N) is 1. The second kappa shape index (κ2) is 5.83. The molecule has 0 aliphatic heterocycles. The standard InChI is InChI=1S/C16H19FN6/c1-9(2)8-19-16-20-13(10-6-4-5-7-11(10)17)12-14(18)23(3)22-15(12)21-16/h4-7,9H,8,18H2,1-3H3,(H,19,21,22). The molecule has 0 fully saturated rings. The number of aryl methyl sites for hydroxylation is 1. The SMILES string of the molecule is CC(C)CNc1nc(-c2ccccc2F)c2c(N)n(C)nc2n1. The van der Waals surface area contributed by atoms with Crippen molar-refractivity contribution in [3.05, 3.63) is 30.1 Å². The van der Waals surface area contributed by atoms with Crippen LogP contribution in [0.4, 0.5) is 16.2 Å². The molecule has 0 saturated carbocycles. The molecule has 0 saturated heterocycles.